The largest absolute Gasteiger partial charge is 0.309 e. The van der Waals surface area contributed by atoms with Crippen LogP contribution in [0.1, 0.15) is 33.4 Å². The van der Waals surface area contributed by atoms with E-state index in [2.05, 4.69) is 170 Å². The number of hydrogen-bond donors (Lipinski definition) is 0. The van der Waals surface area contributed by atoms with Gasteiger partial charge in [-0.2, -0.15) is 31.6 Å². The molecule has 18 nitrogen and oxygen atoms in total. The van der Waals surface area contributed by atoms with E-state index in [0.29, 0.717) is 96.3 Å². The zero-order valence-corrected chi connectivity index (χ0v) is 72.0. The topological polar surface area (TPSA) is 266 Å². The highest BCUT2D eigenvalue weighted by Crippen LogP contribution is 2.49. The Hall–Kier alpha value is -20.0. The van der Waals surface area contributed by atoms with E-state index in [1.165, 1.54) is 0 Å². The smallest absolute Gasteiger partial charge is 0.164 e. The third-order valence-electron chi connectivity index (χ3n) is 25.6. The van der Waals surface area contributed by atoms with Crippen molar-refractivity contribution in [3.05, 3.63) is 422 Å². The first-order valence-corrected chi connectivity index (χ1v) is 44.0. The molecular formula is C118H64N18. The highest BCUT2D eigenvalue weighted by molar-refractivity contribution is 6.15. The number of benzene rings is 16. The van der Waals surface area contributed by atoms with Crippen LogP contribution in [-0.4, -0.2) is 58.1 Å². The summed E-state index contributed by atoms with van der Waals surface area (Å²) in [7, 11) is 0. The second-order valence-corrected chi connectivity index (χ2v) is 33.3. The third kappa shape index (κ3) is 13.4. The second-order valence-electron chi connectivity index (χ2n) is 33.3. The van der Waals surface area contributed by atoms with Gasteiger partial charge in [-0.05, 0) is 217 Å². The SMILES string of the molecule is N#Cc1ccc2c(c1)c1ccccc1n2-c1ccc(-c2nc(-c3ccccc3)nc(-c3ccccc3)n2)c(-c2cc(-c3ncccc3-c3ccc(-c4nc(-c5ccccc5)nc(-c5ccc(-n6c7ccc(C#N)cc7c7cc(C#N)ccc76)cc5-c5cc(-c6ccccn6)ccc5-n5c6ccc(C#N)cc6c6cc(C#N)ccc65)n4)cc3)ccc2-n2c3ccccc3c3cc(C#N)ccc32)c1. The van der Waals surface area contributed by atoms with E-state index in [0.717, 1.165) is 171 Å². The molecule has 626 valence electrons. The molecular weight excluding hydrogens is 1670 g/mol. The number of aromatic nitrogens is 12. The summed E-state index contributed by atoms with van der Waals surface area (Å²) >= 11 is 0. The van der Waals surface area contributed by atoms with Crippen LogP contribution in [-0.2, 0) is 0 Å². The van der Waals surface area contributed by atoms with Crippen LogP contribution in [0.2, 0.25) is 0 Å². The average Bonchev–Trinajstić information content (AvgIpc) is 1.59. The van der Waals surface area contributed by atoms with Crippen molar-refractivity contribution in [2.24, 2.45) is 0 Å². The Bertz CT molecular complexity index is 9240. The lowest BCUT2D eigenvalue weighted by atomic mass is 9.92. The van der Waals surface area contributed by atoms with Gasteiger partial charge in [0.05, 0.1) is 137 Å². The van der Waals surface area contributed by atoms with Crippen LogP contribution < -0.4 is 0 Å². The summed E-state index contributed by atoms with van der Waals surface area (Å²) in [5.74, 6) is 2.57. The van der Waals surface area contributed by atoms with Crippen molar-refractivity contribution in [3.63, 3.8) is 0 Å². The number of hydrogen-bond acceptors (Lipinski definition) is 14. The molecule has 0 aliphatic carbocycles. The number of para-hydroxylation sites is 2. The Morgan fingerprint density at radius 2 is 0.500 bits per heavy atom. The van der Waals surface area contributed by atoms with E-state index >= 15 is 0 Å². The Kier molecular flexibility index (Phi) is 19.0. The molecule has 24 aromatic rings. The number of nitriles is 6. The van der Waals surface area contributed by atoms with Crippen LogP contribution >= 0.6 is 0 Å². The minimum atomic E-state index is 0.353. The molecule has 136 heavy (non-hydrogen) atoms. The fraction of sp³-hybridized carbons (Fsp3) is 0. The Morgan fingerprint density at radius 1 is 0.184 bits per heavy atom. The average molecular weight is 1730 g/mol. The van der Waals surface area contributed by atoms with Gasteiger partial charge in [0.1, 0.15) is 0 Å². The first-order chi connectivity index (χ1) is 67.1. The van der Waals surface area contributed by atoms with Gasteiger partial charge in [0.15, 0.2) is 34.9 Å². The monoisotopic (exact) mass is 1730 g/mol. The van der Waals surface area contributed by atoms with Crippen LogP contribution in [0.15, 0.2) is 389 Å². The molecule has 0 fully saturated rings. The molecule has 0 N–H and O–H groups in total. The predicted molar refractivity (Wildman–Crippen MR) is 534 cm³/mol. The van der Waals surface area contributed by atoms with E-state index < -0.39 is 0 Å². The van der Waals surface area contributed by atoms with Gasteiger partial charge in [-0.1, -0.05) is 176 Å². The van der Waals surface area contributed by atoms with Gasteiger partial charge in [0.25, 0.3) is 0 Å². The summed E-state index contributed by atoms with van der Waals surface area (Å²) in [5, 5.41) is 69.5. The van der Waals surface area contributed by atoms with Crippen molar-refractivity contribution in [1.29, 1.82) is 31.6 Å². The molecule has 0 unspecified atom stereocenters. The molecule has 16 aromatic carbocycles. The normalized spacial score (nSPS) is 11.3. The molecule has 0 saturated carbocycles. The van der Waals surface area contributed by atoms with Crippen molar-refractivity contribution in [3.8, 4) is 183 Å². The van der Waals surface area contributed by atoms with Gasteiger partial charge in [-0.3, -0.25) is 9.97 Å². The lowest BCUT2D eigenvalue weighted by molar-refractivity contribution is 1.07. The van der Waals surface area contributed by atoms with E-state index in [9.17, 15) is 31.6 Å². The number of nitrogens with zero attached hydrogens (tertiary/aromatic N) is 18. The van der Waals surface area contributed by atoms with E-state index in [-0.39, 0.29) is 0 Å². The summed E-state index contributed by atoms with van der Waals surface area (Å²) in [6.45, 7) is 0. The molecule has 18 heteroatoms. The molecule has 0 saturated heterocycles. The van der Waals surface area contributed by atoms with Gasteiger partial charge >= 0.3 is 0 Å². The Morgan fingerprint density at radius 3 is 0.897 bits per heavy atom. The van der Waals surface area contributed by atoms with Crippen molar-refractivity contribution < 1.29 is 0 Å². The molecule has 0 aliphatic heterocycles. The zero-order chi connectivity index (χ0) is 91.2. The summed E-state index contributed by atoms with van der Waals surface area (Å²) in [5.41, 5.74) is 25.1. The summed E-state index contributed by atoms with van der Waals surface area (Å²) in [4.78, 5) is 42.9. The number of pyridine rings is 2. The van der Waals surface area contributed by atoms with Gasteiger partial charge < -0.3 is 18.3 Å². The summed E-state index contributed by atoms with van der Waals surface area (Å²) in [6.07, 6.45) is 3.60. The molecule has 8 heterocycles. The van der Waals surface area contributed by atoms with Gasteiger partial charge in [0, 0.05) is 128 Å². The van der Waals surface area contributed by atoms with Crippen molar-refractivity contribution in [1.82, 2.24) is 58.1 Å². The number of fused-ring (bicyclic) bond motifs is 12. The van der Waals surface area contributed by atoms with E-state index in [4.69, 9.17) is 39.9 Å². The maximum atomic E-state index is 10.5. The molecule has 0 aliphatic rings. The maximum Gasteiger partial charge on any atom is 0.164 e. The van der Waals surface area contributed by atoms with Crippen LogP contribution in [0.5, 0.6) is 0 Å². The lowest BCUT2D eigenvalue weighted by Crippen LogP contribution is -2.04. The minimum Gasteiger partial charge on any atom is -0.309 e. The van der Waals surface area contributed by atoms with Crippen molar-refractivity contribution >= 4 is 87.2 Å². The Balaban J connectivity index is 0.713. The van der Waals surface area contributed by atoms with Crippen molar-refractivity contribution in [2.75, 3.05) is 0 Å². The van der Waals surface area contributed by atoms with Crippen LogP contribution in [0.25, 0.3) is 234 Å². The van der Waals surface area contributed by atoms with Gasteiger partial charge in [-0.25, -0.2) is 29.9 Å². The second kappa shape index (κ2) is 32.6. The maximum absolute atomic E-state index is 10.5. The Labute approximate surface area is 777 Å². The molecule has 8 aromatic heterocycles. The van der Waals surface area contributed by atoms with Gasteiger partial charge in [-0.15, -0.1) is 0 Å². The lowest BCUT2D eigenvalue weighted by Gasteiger charge is -2.20. The minimum absolute atomic E-state index is 0.353. The molecule has 24 rings (SSSR count). The molecule has 0 spiro atoms. The fourth-order valence-electron chi connectivity index (χ4n) is 19.3. The first-order valence-electron chi connectivity index (χ1n) is 44.0. The summed E-state index contributed by atoms with van der Waals surface area (Å²) < 4.78 is 8.89. The van der Waals surface area contributed by atoms with Gasteiger partial charge in [0.2, 0.25) is 0 Å². The van der Waals surface area contributed by atoms with Crippen molar-refractivity contribution in [2.45, 2.75) is 0 Å². The highest BCUT2D eigenvalue weighted by Gasteiger charge is 2.29. The molecule has 0 atom stereocenters. The zero-order valence-electron chi connectivity index (χ0n) is 72.0. The fourth-order valence-corrected chi connectivity index (χ4v) is 19.3. The highest BCUT2D eigenvalue weighted by atomic mass is 15.1. The van der Waals surface area contributed by atoms with Crippen LogP contribution in [0.3, 0.4) is 0 Å². The first kappa shape index (κ1) is 79.4. The van der Waals surface area contributed by atoms with E-state index in [1.54, 1.807) is 6.20 Å². The van der Waals surface area contributed by atoms with Crippen LogP contribution in [0, 0.1) is 68.0 Å². The van der Waals surface area contributed by atoms with E-state index in [1.807, 2.05) is 267 Å². The number of rotatable bonds is 15. The third-order valence-corrected chi connectivity index (χ3v) is 25.6. The quantitative estimate of drug-likeness (QED) is 0.0924. The van der Waals surface area contributed by atoms with Crippen LogP contribution in [0.4, 0.5) is 0 Å². The molecule has 0 radical (unpaired) electrons. The molecule has 0 bridgehead atoms. The predicted octanol–water partition coefficient (Wildman–Crippen LogP) is 26.8. The standard InChI is InChI=1S/C118H64N18/c119-65-71-29-45-104-93(55-71)87-23-10-12-27-102(87)133(104)84-41-43-90(117-129-113(78-17-4-1-5-18-78)127-114(130-117)79-19-6-2-7-20-79)92(63-84)100-62-83(40-52-111(100)135-103-28-13-11-24-88(103)94-56-72(66-120)32-48-107(94)135)112-86(25-16-54-126-112)77-35-37-81(38-36-77)116-128-115(80-21-8-3-9-22-80)131-118(132-116)89-44-42-85(134-105-46-30-73(67-121)57-95(105)96-58-74(68-122)31-47-106(96)134)64-91(89)99-61-82(101-26-14-15-53-125-101)39-51-110(99)136-108-49-33-75(69-123)59-97(108)98-60-76(70-124)34-50-109(98)136/h1-64H. The summed E-state index contributed by atoms with van der Waals surface area (Å²) in [6, 6.07) is 138. The molecule has 0 amide bonds.